The van der Waals surface area contributed by atoms with E-state index in [0.717, 1.165) is 18.4 Å². The van der Waals surface area contributed by atoms with E-state index in [9.17, 15) is 5.11 Å². The maximum absolute atomic E-state index is 9.29. The highest BCUT2D eigenvalue weighted by Gasteiger charge is 2.11. The summed E-state index contributed by atoms with van der Waals surface area (Å²) in [5.41, 5.74) is 6.91. The van der Waals surface area contributed by atoms with E-state index in [1.54, 1.807) is 25.3 Å². The summed E-state index contributed by atoms with van der Waals surface area (Å²) in [5.74, 6) is 0.818. The minimum Gasteiger partial charge on any atom is -0.508 e. The van der Waals surface area contributed by atoms with Crippen LogP contribution in [-0.4, -0.2) is 12.2 Å². The van der Waals surface area contributed by atoms with Gasteiger partial charge < -0.3 is 15.6 Å². The summed E-state index contributed by atoms with van der Waals surface area (Å²) in [6.07, 6.45) is 3.53. The summed E-state index contributed by atoms with van der Waals surface area (Å²) in [6.45, 7) is 3.66. The second-order valence-electron chi connectivity index (χ2n) is 3.40. The van der Waals surface area contributed by atoms with E-state index in [0.29, 0.717) is 5.75 Å². The van der Waals surface area contributed by atoms with E-state index in [4.69, 9.17) is 10.5 Å². The van der Waals surface area contributed by atoms with Crippen molar-refractivity contribution in [3.05, 3.63) is 36.4 Å². The fourth-order valence-electron chi connectivity index (χ4n) is 1.46. The molecular weight excluding hydrogens is 190 g/mol. The summed E-state index contributed by atoms with van der Waals surface area (Å²) in [7, 11) is 1.57. The number of hydrogen-bond acceptors (Lipinski definition) is 3. The van der Waals surface area contributed by atoms with Crippen LogP contribution >= 0.6 is 0 Å². The van der Waals surface area contributed by atoms with Crippen LogP contribution in [0.4, 0.5) is 0 Å². The third-order valence-electron chi connectivity index (χ3n) is 2.30. The van der Waals surface area contributed by atoms with Crippen LogP contribution in [0.5, 0.6) is 11.5 Å². The quantitative estimate of drug-likeness (QED) is 0.729. The van der Waals surface area contributed by atoms with Crippen molar-refractivity contribution in [1.29, 1.82) is 0 Å². The molecule has 15 heavy (non-hydrogen) atoms. The van der Waals surface area contributed by atoms with Gasteiger partial charge in [-0.2, -0.15) is 0 Å². The van der Waals surface area contributed by atoms with E-state index in [-0.39, 0.29) is 11.8 Å². The third-order valence-corrected chi connectivity index (χ3v) is 2.30. The van der Waals surface area contributed by atoms with Gasteiger partial charge in [0, 0.05) is 17.7 Å². The fraction of sp³-hybridized carbons (Fsp3) is 0.333. The van der Waals surface area contributed by atoms with Gasteiger partial charge in [-0.15, -0.1) is 6.58 Å². The summed E-state index contributed by atoms with van der Waals surface area (Å²) in [6, 6.07) is 4.90. The van der Waals surface area contributed by atoms with Gasteiger partial charge >= 0.3 is 0 Å². The highest BCUT2D eigenvalue weighted by molar-refractivity contribution is 5.41. The Morgan fingerprint density at radius 3 is 2.93 bits per heavy atom. The average molecular weight is 207 g/mol. The van der Waals surface area contributed by atoms with Gasteiger partial charge in [0.05, 0.1) is 7.11 Å². The van der Waals surface area contributed by atoms with E-state index < -0.39 is 0 Å². The smallest absolute Gasteiger partial charge is 0.127 e. The number of allylic oxidation sites excluding steroid dienone is 1. The number of ether oxygens (including phenoxy) is 1. The first-order valence-corrected chi connectivity index (χ1v) is 4.92. The van der Waals surface area contributed by atoms with Crippen molar-refractivity contribution in [1.82, 2.24) is 0 Å². The minimum atomic E-state index is -0.0847. The fourth-order valence-corrected chi connectivity index (χ4v) is 1.46. The van der Waals surface area contributed by atoms with Crippen LogP contribution in [0.3, 0.4) is 0 Å². The van der Waals surface area contributed by atoms with E-state index in [1.165, 1.54) is 0 Å². The molecule has 0 saturated carbocycles. The topological polar surface area (TPSA) is 55.5 Å². The van der Waals surface area contributed by atoms with E-state index >= 15 is 0 Å². The molecule has 3 heteroatoms. The molecule has 0 saturated heterocycles. The molecule has 1 aromatic rings. The Morgan fingerprint density at radius 2 is 2.33 bits per heavy atom. The zero-order chi connectivity index (χ0) is 11.3. The molecule has 1 rings (SSSR count). The molecule has 0 aliphatic carbocycles. The van der Waals surface area contributed by atoms with Gasteiger partial charge in [0.2, 0.25) is 0 Å². The summed E-state index contributed by atoms with van der Waals surface area (Å²) >= 11 is 0. The second kappa shape index (κ2) is 5.41. The Hall–Kier alpha value is -1.48. The van der Waals surface area contributed by atoms with Crippen LogP contribution in [0.2, 0.25) is 0 Å². The van der Waals surface area contributed by atoms with Crippen LogP contribution in [0.1, 0.15) is 24.4 Å². The molecule has 0 aliphatic rings. The number of phenolic OH excluding ortho intramolecular Hbond substituents is 1. The number of hydrogen-bond donors (Lipinski definition) is 2. The van der Waals surface area contributed by atoms with Crippen LogP contribution in [0.15, 0.2) is 30.9 Å². The molecule has 0 bridgehead atoms. The molecule has 82 valence electrons. The number of rotatable bonds is 5. The molecule has 0 aromatic heterocycles. The Balaban J connectivity index is 2.86. The first-order valence-electron chi connectivity index (χ1n) is 4.92. The number of benzene rings is 1. The lowest BCUT2D eigenvalue weighted by Gasteiger charge is -2.15. The highest BCUT2D eigenvalue weighted by atomic mass is 16.5. The lowest BCUT2D eigenvalue weighted by molar-refractivity contribution is 0.397. The predicted molar refractivity (Wildman–Crippen MR) is 61.0 cm³/mol. The Bertz CT molecular complexity index is 336. The van der Waals surface area contributed by atoms with Crippen molar-refractivity contribution in [3.8, 4) is 11.5 Å². The minimum absolute atomic E-state index is 0.0847. The molecular formula is C12H17NO2. The lowest BCUT2D eigenvalue weighted by atomic mass is 10.0. The second-order valence-corrected chi connectivity index (χ2v) is 3.40. The van der Waals surface area contributed by atoms with Crippen LogP contribution in [0.25, 0.3) is 0 Å². The predicted octanol–water partition coefficient (Wildman–Crippen LogP) is 2.37. The van der Waals surface area contributed by atoms with Gasteiger partial charge in [0.1, 0.15) is 11.5 Å². The molecule has 0 radical (unpaired) electrons. The Kier molecular flexibility index (Phi) is 4.18. The summed E-state index contributed by atoms with van der Waals surface area (Å²) < 4.78 is 5.16. The molecule has 0 heterocycles. The summed E-state index contributed by atoms with van der Waals surface area (Å²) in [5, 5.41) is 9.29. The first-order chi connectivity index (χ1) is 7.19. The van der Waals surface area contributed by atoms with Crippen molar-refractivity contribution in [2.24, 2.45) is 5.73 Å². The van der Waals surface area contributed by atoms with Crippen molar-refractivity contribution in [3.63, 3.8) is 0 Å². The number of phenols is 1. The third kappa shape index (κ3) is 2.99. The van der Waals surface area contributed by atoms with Gasteiger partial charge in [-0.1, -0.05) is 12.1 Å². The molecule has 0 fully saturated rings. The molecule has 1 atom stereocenters. The molecule has 1 aromatic carbocycles. The highest BCUT2D eigenvalue weighted by Crippen LogP contribution is 2.29. The Labute approximate surface area is 90.2 Å². The van der Waals surface area contributed by atoms with Crippen LogP contribution < -0.4 is 10.5 Å². The van der Waals surface area contributed by atoms with Crippen molar-refractivity contribution >= 4 is 0 Å². The summed E-state index contributed by atoms with van der Waals surface area (Å²) in [4.78, 5) is 0. The molecule has 0 amide bonds. The van der Waals surface area contributed by atoms with E-state index in [2.05, 4.69) is 6.58 Å². The van der Waals surface area contributed by atoms with Gasteiger partial charge in [0.25, 0.3) is 0 Å². The number of nitrogens with two attached hydrogens (primary N) is 1. The normalized spacial score (nSPS) is 12.1. The Morgan fingerprint density at radius 1 is 1.60 bits per heavy atom. The molecule has 0 unspecified atom stereocenters. The van der Waals surface area contributed by atoms with E-state index in [1.807, 2.05) is 6.08 Å². The van der Waals surface area contributed by atoms with Gasteiger partial charge in [0.15, 0.2) is 0 Å². The monoisotopic (exact) mass is 207 g/mol. The molecule has 0 spiro atoms. The maximum Gasteiger partial charge on any atom is 0.127 e. The largest absolute Gasteiger partial charge is 0.508 e. The average Bonchev–Trinajstić information content (AvgIpc) is 2.25. The SMILES string of the molecule is C=CCC[C@H](N)c1ccc(O)cc1OC. The van der Waals surface area contributed by atoms with Gasteiger partial charge in [-0.3, -0.25) is 0 Å². The number of methoxy groups -OCH3 is 1. The standard InChI is InChI=1S/C12H17NO2/c1-3-4-5-11(13)10-7-6-9(14)8-12(10)15-2/h3,6-8,11,14H,1,4-5,13H2,2H3/t11-/m0/s1. The molecule has 3 N–H and O–H groups in total. The van der Waals surface area contributed by atoms with Gasteiger partial charge in [-0.05, 0) is 18.9 Å². The van der Waals surface area contributed by atoms with Crippen LogP contribution in [-0.2, 0) is 0 Å². The van der Waals surface area contributed by atoms with Crippen molar-refractivity contribution in [2.75, 3.05) is 7.11 Å². The number of aromatic hydroxyl groups is 1. The lowest BCUT2D eigenvalue weighted by Crippen LogP contribution is -2.11. The zero-order valence-corrected chi connectivity index (χ0v) is 8.94. The van der Waals surface area contributed by atoms with Crippen molar-refractivity contribution < 1.29 is 9.84 Å². The maximum atomic E-state index is 9.29. The molecule has 3 nitrogen and oxygen atoms in total. The van der Waals surface area contributed by atoms with Crippen LogP contribution in [0, 0.1) is 0 Å². The van der Waals surface area contributed by atoms with Gasteiger partial charge in [-0.25, -0.2) is 0 Å². The zero-order valence-electron chi connectivity index (χ0n) is 8.94. The first kappa shape index (κ1) is 11.6. The van der Waals surface area contributed by atoms with Crippen molar-refractivity contribution in [2.45, 2.75) is 18.9 Å². The molecule has 0 aliphatic heterocycles.